The Bertz CT molecular complexity index is 574. The zero-order valence-corrected chi connectivity index (χ0v) is 12.8. The molecule has 0 saturated carbocycles. The third kappa shape index (κ3) is 3.35. The van der Waals surface area contributed by atoms with Gasteiger partial charge in [-0.25, -0.2) is 4.39 Å². The summed E-state index contributed by atoms with van der Waals surface area (Å²) in [5, 5.41) is 3.89. The van der Waals surface area contributed by atoms with Gasteiger partial charge in [0.15, 0.2) is 0 Å². The highest BCUT2D eigenvalue weighted by Crippen LogP contribution is 2.31. The normalized spacial score (nSPS) is 12.4. The van der Waals surface area contributed by atoms with Crippen molar-refractivity contribution in [1.82, 2.24) is 5.32 Å². The quantitative estimate of drug-likeness (QED) is 0.830. The van der Waals surface area contributed by atoms with E-state index >= 15 is 0 Å². The van der Waals surface area contributed by atoms with Gasteiger partial charge >= 0.3 is 0 Å². The van der Waals surface area contributed by atoms with Gasteiger partial charge in [-0.3, -0.25) is 0 Å². The van der Waals surface area contributed by atoms with Gasteiger partial charge in [-0.15, -0.1) is 0 Å². The molecule has 0 fully saturated rings. The Kier molecular flexibility index (Phi) is 4.97. The molecule has 0 radical (unpaired) electrons. The molecule has 0 aromatic heterocycles. The first-order valence-electron chi connectivity index (χ1n) is 6.06. The van der Waals surface area contributed by atoms with E-state index in [1.165, 1.54) is 6.07 Å². The Labute approximate surface area is 125 Å². The third-order valence-electron chi connectivity index (χ3n) is 2.90. The first-order valence-corrected chi connectivity index (χ1v) is 7.23. The van der Waals surface area contributed by atoms with Crippen LogP contribution in [0, 0.1) is 5.82 Å². The number of hydrogen-bond acceptors (Lipinski definition) is 1. The summed E-state index contributed by atoms with van der Waals surface area (Å²) in [5.74, 6) is -0.229. The first kappa shape index (κ1) is 14.5. The Hall–Kier alpha value is -0.900. The number of benzene rings is 2. The van der Waals surface area contributed by atoms with E-state index in [4.69, 9.17) is 11.6 Å². The smallest absolute Gasteiger partial charge is 0.128 e. The van der Waals surface area contributed by atoms with Gasteiger partial charge in [0.25, 0.3) is 0 Å². The molecular weight excluding hydrogens is 329 g/mol. The van der Waals surface area contributed by atoms with Crippen LogP contribution in [0.4, 0.5) is 4.39 Å². The Balaban J connectivity index is 2.48. The van der Waals surface area contributed by atoms with E-state index in [9.17, 15) is 4.39 Å². The average Bonchev–Trinajstić information content (AvgIpc) is 2.38. The molecule has 100 valence electrons. The minimum Gasteiger partial charge on any atom is -0.306 e. The summed E-state index contributed by atoms with van der Waals surface area (Å²) >= 11 is 9.65. The SMILES string of the molecule is CCNC(c1ccccc1F)c1ccc(Br)cc1Cl. The summed E-state index contributed by atoms with van der Waals surface area (Å²) in [7, 11) is 0. The number of rotatable bonds is 4. The topological polar surface area (TPSA) is 12.0 Å². The molecule has 1 unspecified atom stereocenters. The van der Waals surface area contributed by atoms with Gasteiger partial charge < -0.3 is 5.32 Å². The second-order valence-electron chi connectivity index (χ2n) is 4.18. The molecule has 0 aliphatic rings. The van der Waals surface area contributed by atoms with E-state index in [0.29, 0.717) is 10.6 Å². The maximum absolute atomic E-state index is 14.0. The summed E-state index contributed by atoms with van der Waals surface area (Å²) in [6, 6.07) is 12.2. The molecule has 1 atom stereocenters. The minimum absolute atomic E-state index is 0.229. The fourth-order valence-electron chi connectivity index (χ4n) is 2.04. The zero-order chi connectivity index (χ0) is 13.8. The van der Waals surface area contributed by atoms with Gasteiger partial charge in [0, 0.05) is 15.1 Å². The van der Waals surface area contributed by atoms with Crippen molar-refractivity contribution in [2.75, 3.05) is 6.54 Å². The van der Waals surface area contributed by atoms with Crippen molar-refractivity contribution in [2.45, 2.75) is 13.0 Å². The summed E-state index contributed by atoms with van der Waals surface area (Å²) in [6.07, 6.45) is 0. The van der Waals surface area contributed by atoms with Crippen molar-refractivity contribution in [1.29, 1.82) is 0 Å². The molecule has 1 N–H and O–H groups in total. The first-order chi connectivity index (χ1) is 9.13. The van der Waals surface area contributed by atoms with Crippen molar-refractivity contribution in [3.8, 4) is 0 Å². The predicted octanol–water partition coefficient (Wildman–Crippen LogP) is 4.94. The summed E-state index contributed by atoms with van der Waals surface area (Å²) in [5.41, 5.74) is 1.48. The van der Waals surface area contributed by atoms with Crippen molar-refractivity contribution >= 4 is 27.5 Å². The van der Waals surface area contributed by atoms with Crippen molar-refractivity contribution in [3.63, 3.8) is 0 Å². The van der Waals surface area contributed by atoms with E-state index in [1.54, 1.807) is 12.1 Å². The lowest BCUT2D eigenvalue weighted by Gasteiger charge is -2.20. The second-order valence-corrected chi connectivity index (χ2v) is 5.50. The Morgan fingerprint density at radius 2 is 1.95 bits per heavy atom. The van der Waals surface area contributed by atoms with Crippen LogP contribution < -0.4 is 5.32 Å². The monoisotopic (exact) mass is 341 g/mol. The third-order valence-corrected chi connectivity index (χ3v) is 3.72. The molecule has 0 amide bonds. The van der Waals surface area contributed by atoms with Crippen LogP contribution in [0.25, 0.3) is 0 Å². The van der Waals surface area contributed by atoms with Gasteiger partial charge in [-0.05, 0) is 30.3 Å². The standard InChI is InChI=1S/C15H14BrClFN/c1-2-19-15(12-5-3-4-6-14(12)18)11-8-7-10(16)9-13(11)17/h3-9,15,19H,2H2,1H3. The highest BCUT2D eigenvalue weighted by molar-refractivity contribution is 9.10. The van der Waals surface area contributed by atoms with E-state index < -0.39 is 0 Å². The van der Waals surface area contributed by atoms with Crippen molar-refractivity contribution in [3.05, 3.63) is 68.9 Å². The summed E-state index contributed by atoms with van der Waals surface area (Å²) in [6.45, 7) is 2.71. The lowest BCUT2D eigenvalue weighted by Crippen LogP contribution is -2.23. The summed E-state index contributed by atoms with van der Waals surface area (Å²) < 4.78 is 14.9. The van der Waals surface area contributed by atoms with Crippen LogP contribution >= 0.6 is 27.5 Å². The van der Waals surface area contributed by atoms with Crippen LogP contribution in [0.2, 0.25) is 5.02 Å². The fourth-order valence-corrected chi connectivity index (χ4v) is 2.82. The van der Waals surface area contributed by atoms with Gasteiger partial charge in [0.05, 0.1) is 6.04 Å². The van der Waals surface area contributed by atoms with Crippen LogP contribution in [0.1, 0.15) is 24.1 Å². The van der Waals surface area contributed by atoms with Gasteiger partial charge in [-0.2, -0.15) is 0 Å². The van der Waals surface area contributed by atoms with E-state index in [0.717, 1.165) is 16.6 Å². The molecule has 0 heterocycles. The molecule has 0 bridgehead atoms. The molecule has 4 heteroatoms. The summed E-state index contributed by atoms with van der Waals surface area (Å²) in [4.78, 5) is 0. The molecule has 0 saturated heterocycles. The van der Waals surface area contributed by atoms with Gasteiger partial charge in [0.1, 0.15) is 5.82 Å². The molecule has 1 nitrogen and oxygen atoms in total. The Morgan fingerprint density at radius 1 is 1.21 bits per heavy atom. The maximum Gasteiger partial charge on any atom is 0.128 e. The number of hydrogen-bond donors (Lipinski definition) is 1. The van der Waals surface area contributed by atoms with E-state index in [-0.39, 0.29) is 11.9 Å². The molecule has 2 rings (SSSR count). The number of nitrogens with one attached hydrogen (secondary N) is 1. The fraction of sp³-hybridized carbons (Fsp3) is 0.200. The van der Waals surface area contributed by atoms with Crippen LogP contribution in [0.3, 0.4) is 0 Å². The molecule has 19 heavy (non-hydrogen) atoms. The van der Waals surface area contributed by atoms with E-state index in [1.807, 2.05) is 31.2 Å². The predicted molar refractivity (Wildman–Crippen MR) is 81.1 cm³/mol. The van der Waals surface area contributed by atoms with Gasteiger partial charge in [-0.1, -0.05) is 58.7 Å². The molecule has 2 aromatic carbocycles. The molecule has 0 aliphatic carbocycles. The Morgan fingerprint density at radius 3 is 2.58 bits per heavy atom. The minimum atomic E-state index is -0.244. The molecule has 2 aromatic rings. The van der Waals surface area contributed by atoms with Crippen LogP contribution in [-0.2, 0) is 0 Å². The highest BCUT2D eigenvalue weighted by atomic mass is 79.9. The van der Waals surface area contributed by atoms with Crippen LogP contribution in [-0.4, -0.2) is 6.54 Å². The second kappa shape index (κ2) is 6.51. The average molecular weight is 343 g/mol. The van der Waals surface area contributed by atoms with Crippen molar-refractivity contribution in [2.24, 2.45) is 0 Å². The van der Waals surface area contributed by atoms with Crippen LogP contribution in [0.5, 0.6) is 0 Å². The largest absolute Gasteiger partial charge is 0.306 e. The maximum atomic E-state index is 14.0. The molecule has 0 spiro atoms. The molecule has 0 aliphatic heterocycles. The van der Waals surface area contributed by atoms with Crippen molar-refractivity contribution < 1.29 is 4.39 Å². The zero-order valence-electron chi connectivity index (χ0n) is 10.5. The lowest BCUT2D eigenvalue weighted by atomic mass is 9.98. The number of halogens is 3. The van der Waals surface area contributed by atoms with Crippen LogP contribution in [0.15, 0.2) is 46.9 Å². The van der Waals surface area contributed by atoms with E-state index in [2.05, 4.69) is 21.2 Å². The van der Waals surface area contributed by atoms with Gasteiger partial charge in [0.2, 0.25) is 0 Å². The lowest BCUT2D eigenvalue weighted by molar-refractivity contribution is 0.559. The molecular formula is C15H14BrClFN. The highest BCUT2D eigenvalue weighted by Gasteiger charge is 2.19.